The van der Waals surface area contributed by atoms with Crippen molar-refractivity contribution in [2.75, 3.05) is 30.4 Å². The van der Waals surface area contributed by atoms with Gasteiger partial charge in [-0.25, -0.2) is 9.97 Å². The van der Waals surface area contributed by atoms with Crippen molar-refractivity contribution in [1.29, 1.82) is 0 Å². The molecule has 2 saturated carbocycles. The first kappa shape index (κ1) is 21.9. The van der Waals surface area contributed by atoms with Crippen LogP contribution in [0.1, 0.15) is 67.9 Å². The molecule has 2 aromatic heterocycles. The van der Waals surface area contributed by atoms with Gasteiger partial charge in [0.1, 0.15) is 35.0 Å². The molecule has 1 aliphatic heterocycles. The molecule has 2 aromatic rings. The van der Waals surface area contributed by atoms with Crippen LogP contribution in [0.15, 0.2) is 23.3 Å². The summed E-state index contributed by atoms with van der Waals surface area (Å²) in [6, 6.07) is 3.51. The highest BCUT2D eigenvalue weighted by Crippen LogP contribution is 2.59. The first-order valence-electron chi connectivity index (χ1n) is 12.0. The number of ether oxygens (including phenoxy) is 1. The summed E-state index contributed by atoms with van der Waals surface area (Å²) in [5, 5.41) is 9.54. The molecule has 9 heteroatoms. The van der Waals surface area contributed by atoms with Gasteiger partial charge in [-0.2, -0.15) is 0 Å². The van der Waals surface area contributed by atoms with E-state index in [1.165, 1.54) is 19.2 Å². The van der Waals surface area contributed by atoms with Crippen LogP contribution in [0.4, 0.5) is 17.3 Å². The molecule has 0 aromatic carbocycles. The van der Waals surface area contributed by atoms with Gasteiger partial charge >= 0.3 is 0 Å². The van der Waals surface area contributed by atoms with Crippen molar-refractivity contribution in [3.63, 3.8) is 0 Å². The number of carbonyl (C=O) groups excluding carboxylic acids is 1. The average molecular weight is 453 g/mol. The summed E-state index contributed by atoms with van der Waals surface area (Å²) >= 11 is 0. The van der Waals surface area contributed by atoms with E-state index in [1.54, 1.807) is 16.7 Å². The van der Waals surface area contributed by atoms with Gasteiger partial charge in [0, 0.05) is 19.2 Å². The van der Waals surface area contributed by atoms with Crippen molar-refractivity contribution in [2.24, 2.45) is 5.41 Å². The SMILES string of the molecule is CCCOCCNc1cc(Nc2cc(C)c3n(c2=O)C2(CCC4(CC4)CC2)NC3=O)ncn1. The van der Waals surface area contributed by atoms with E-state index in [4.69, 9.17) is 4.74 Å². The summed E-state index contributed by atoms with van der Waals surface area (Å²) in [6.07, 6.45) is 8.70. The number of fused-ring (bicyclic) bond motifs is 2. The highest BCUT2D eigenvalue weighted by molar-refractivity contribution is 5.97. The first-order chi connectivity index (χ1) is 16.0. The smallest absolute Gasteiger partial charge is 0.276 e. The quantitative estimate of drug-likeness (QED) is 0.527. The minimum absolute atomic E-state index is 0.151. The summed E-state index contributed by atoms with van der Waals surface area (Å²) in [5.74, 6) is 1.02. The predicted octanol–water partition coefficient (Wildman–Crippen LogP) is 3.28. The number of hydrogen-bond donors (Lipinski definition) is 3. The van der Waals surface area contributed by atoms with Crippen LogP contribution in [0, 0.1) is 12.3 Å². The third-order valence-corrected chi connectivity index (χ3v) is 7.31. The van der Waals surface area contributed by atoms with E-state index >= 15 is 0 Å². The number of nitrogens with one attached hydrogen (secondary N) is 3. The van der Waals surface area contributed by atoms with Crippen LogP contribution in [-0.4, -0.2) is 40.2 Å². The van der Waals surface area contributed by atoms with Crippen molar-refractivity contribution in [3.8, 4) is 0 Å². The number of anilines is 3. The van der Waals surface area contributed by atoms with Crippen LogP contribution < -0.4 is 21.5 Å². The third kappa shape index (κ3) is 4.10. The van der Waals surface area contributed by atoms with E-state index in [1.807, 2.05) is 6.92 Å². The first-order valence-corrected chi connectivity index (χ1v) is 12.0. The molecule has 176 valence electrons. The molecule has 0 bridgehead atoms. The summed E-state index contributed by atoms with van der Waals surface area (Å²) in [5.41, 5.74) is 1.32. The van der Waals surface area contributed by atoms with E-state index in [-0.39, 0.29) is 11.5 Å². The van der Waals surface area contributed by atoms with E-state index in [9.17, 15) is 9.59 Å². The normalized spacial score (nSPS) is 19.4. The van der Waals surface area contributed by atoms with Crippen LogP contribution in [0.3, 0.4) is 0 Å². The van der Waals surface area contributed by atoms with Crippen LogP contribution in [-0.2, 0) is 10.4 Å². The fourth-order valence-corrected chi connectivity index (χ4v) is 5.23. The minimum atomic E-state index is -0.614. The summed E-state index contributed by atoms with van der Waals surface area (Å²) < 4.78 is 7.20. The molecule has 33 heavy (non-hydrogen) atoms. The fourth-order valence-electron chi connectivity index (χ4n) is 5.23. The predicted molar refractivity (Wildman–Crippen MR) is 126 cm³/mol. The highest BCUT2D eigenvalue weighted by Gasteiger charge is 2.53. The zero-order valence-electron chi connectivity index (χ0n) is 19.4. The number of carbonyl (C=O) groups is 1. The molecule has 5 rings (SSSR count). The van der Waals surface area contributed by atoms with Crippen molar-refractivity contribution < 1.29 is 9.53 Å². The molecule has 0 saturated heterocycles. The Kier molecular flexibility index (Phi) is 5.60. The number of nitrogens with zero attached hydrogens (tertiary/aromatic N) is 3. The molecule has 3 heterocycles. The lowest BCUT2D eigenvalue weighted by Crippen LogP contribution is -2.50. The Balaban J connectivity index is 1.38. The monoisotopic (exact) mass is 452 g/mol. The summed E-state index contributed by atoms with van der Waals surface area (Å²) in [6.45, 7) is 5.92. The lowest BCUT2D eigenvalue weighted by atomic mass is 9.79. The molecule has 2 fully saturated rings. The zero-order chi connectivity index (χ0) is 23.1. The summed E-state index contributed by atoms with van der Waals surface area (Å²) in [7, 11) is 0. The molecule has 0 radical (unpaired) electrons. The van der Waals surface area contributed by atoms with Crippen LogP contribution in [0.2, 0.25) is 0 Å². The molecule has 3 aliphatic rings. The standard InChI is InChI=1S/C24H32N6O3/c1-3-11-33-12-10-25-18-14-19(27-15-26-18)28-17-13-16(2)20-21(31)29-24(30(20)22(17)32)8-6-23(4-5-23)7-9-24/h13-15H,3-12H2,1-2H3,(H,29,31)(H2,25,26,27,28). The van der Waals surface area contributed by atoms with Gasteiger partial charge < -0.3 is 20.7 Å². The maximum Gasteiger partial charge on any atom is 0.276 e. The van der Waals surface area contributed by atoms with Crippen LogP contribution in [0.25, 0.3) is 0 Å². The number of hydrogen-bond acceptors (Lipinski definition) is 7. The Bertz CT molecular complexity index is 1110. The van der Waals surface area contributed by atoms with Crippen molar-refractivity contribution in [1.82, 2.24) is 19.9 Å². The lowest BCUT2D eigenvalue weighted by Gasteiger charge is -2.39. The molecular formula is C24H32N6O3. The van der Waals surface area contributed by atoms with Gasteiger partial charge in [0.15, 0.2) is 0 Å². The molecular weight excluding hydrogens is 420 g/mol. The van der Waals surface area contributed by atoms with E-state index in [0.29, 0.717) is 41.6 Å². The molecule has 0 unspecified atom stereocenters. The van der Waals surface area contributed by atoms with Crippen LogP contribution in [0.5, 0.6) is 0 Å². The third-order valence-electron chi connectivity index (χ3n) is 7.31. The van der Waals surface area contributed by atoms with Gasteiger partial charge in [0.25, 0.3) is 11.5 Å². The molecule has 1 amide bonds. The van der Waals surface area contributed by atoms with Crippen molar-refractivity contribution in [3.05, 3.63) is 40.1 Å². The lowest BCUT2D eigenvalue weighted by molar-refractivity contribution is 0.0822. The largest absolute Gasteiger partial charge is 0.380 e. The fraction of sp³-hybridized carbons (Fsp3) is 0.583. The minimum Gasteiger partial charge on any atom is -0.380 e. The van der Waals surface area contributed by atoms with Gasteiger partial charge in [0.2, 0.25) is 0 Å². The Morgan fingerprint density at radius 1 is 1.06 bits per heavy atom. The number of rotatable bonds is 8. The van der Waals surface area contributed by atoms with Gasteiger partial charge in [-0.15, -0.1) is 0 Å². The second kappa shape index (κ2) is 8.44. The number of aromatic nitrogens is 3. The Morgan fingerprint density at radius 2 is 1.79 bits per heavy atom. The van der Waals surface area contributed by atoms with Gasteiger partial charge in [-0.05, 0) is 68.9 Å². The van der Waals surface area contributed by atoms with E-state index in [0.717, 1.165) is 44.3 Å². The average Bonchev–Trinajstić information content (AvgIpc) is 3.50. The maximum atomic E-state index is 13.6. The topological polar surface area (TPSA) is 110 Å². The Labute approximate surface area is 193 Å². The van der Waals surface area contributed by atoms with Gasteiger partial charge in [-0.1, -0.05) is 6.92 Å². The second-order valence-corrected chi connectivity index (χ2v) is 9.67. The molecule has 9 nitrogen and oxygen atoms in total. The second-order valence-electron chi connectivity index (χ2n) is 9.67. The van der Waals surface area contributed by atoms with E-state index in [2.05, 4.69) is 32.8 Å². The molecule has 0 atom stereocenters. The Hall–Kier alpha value is -2.94. The summed E-state index contributed by atoms with van der Waals surface area (Å²) in [4.78, 5) is 35.0. The highest BCUT2D eigenvalue weighted by atomic mass is 16.5. The molecule has 2 aliphatic carbocycles. The number of amides is 1. The molecule has 3 N–H and O–H groups in total. The molecule has 2 spiro atoms. The van der Waals surface area contributed by atoms with E-state index < -0.39 is 5.66 Å². The Morgan fingerprint density at radius 3 is 2.52 bits per heavy atom. The van der Waals surface area contributed by atoms with Crippen LogP contribution >= 0.6 is 0 Å². The zero-order valence-corrected chi connectivity index (χ0v) is 19.4. The number of pyridine rings is 1. The van der Waals surface area contributed by atoms with Gasteiger partial charge in [0.05, 0.1) is 6.61 Å². The van der Waals surface area contributed by atoms with Crippen molar-refractivity contribution in [2.45, 2.75) is 64.5 Å². The van der Waals surface area contributed by atoms with Gasteiger partial charge in [-0.3, -0.25) is 14.2 Å². The van der Waals surface area contributed by atoms with Crippen molar-refractivity contribution >= 4 is 23.2 Å². The maximum absolute atomic E-state index is 13.6. The number of aryl methyl sites for hydroxylation is 1.